The third-order valence-electron chi connectivity index (χ3n) is 4.22. The van der Waals surface area contributed by atoms with Crippen LogP contribution in [-0.4, -0.2) is 34.6 Å². The normalized spacial score (nSPS) is 11.5. The number of aryl methyl sites for hydroxylation is 1. The Morgan fingerprint density at radius 2 is 1.58 bits per heavy atom. The molecule has 0 bridgehead atoms. The predicted octanol–water partition coefficient (Wildman–Crippen LogP) is 3.60. The number of halogens is 1. The molecule has 0 saturated carbocycles. The highest BCUT2D eigenvalue weighted by atomic mass is 79.9. The Labute approximate surface area is 156 Å². The predicted molar refractivity (Wildman–Crippen MR) is 101 cm³/mol. The molecule has 0 amide bonds. The molecule has 0 radical (unpaired) electrons. The first kappa shape index (κ1) is 15.2. The quantitative estimate of drug-likeness (QED) is 0.448. The number of hydrogen-bond donors (Lipinski definition) is 0. The number of hydrogen-bond acceptors (Lipinski definition) is 5. The van der Waals surface area contributed by atoms with Gasteiger partial charge in [0.1, 0.15) is 0 Å². The van der Waals surface area contributed by atoms with Gasteiger partial charge in [0.2, 0.25) is 0 Å². The van der Waals surface area contributed by atoms with Crippen LogP contribution >= 0.6 is 15.9 Å². The van der Waals surface area contributed by atoms with Gasteiger partial charge in [0, 0.05) is 10.0 Å². The monoisotopic (exact) mass is 405 g/mol. The maximum absolute atomic E-state index is 4.67. The van der Waals surface area contributed by atoms with Crippen molar-refractivity contribution in [2.45, 2.75) is 6.92 Å². The molecule has 0 spiro atoms. The van der Waals surface area contributed by atoms with Crippen molar-refractivity contribution in [1.29, 1.82) is 0 Å². The van der Waals surface area contributed by atoms with Crippen LogP contribution in [0.15, 0.2) is 59.1 Å². The smallest absolute Gasteiger partial charge is 0.239 e. The molecular formula is C18H12BrN7. The summed E-state index contributed by atoms with van der Waals surface area (Å²) >= 11 is 3.60. The lowest BCUT2D eigenvalue weighted by atomic mass is 10.2. The highest BCUT2D eigenvalue weighted by Crippen LogP contribution is 2.29. The molecule has 5 rings (SSSR count). The maximum atomic E-state index is 4.67. The van der Waals surface area contributed by atoms with E-state index in [1.165, 1.54) is 0 Å². The molecule has 0 aliphatic heterocycles. The number of para-hydroxylation sites is 1. The summed E-state index contributed by atoms with van der Waals surface area (Å²) in [5, 5.41) is 21.8. The van der Waals surface area contributed by atoms with E-state index in [-0.39, 0.29) is 0 Å². The van der Waals surface area contributed by atoms with Gasteiger partial charge in [-0.1, -0.05) is 52.3 Å². The molecule has 0 atom stereocenters. The molecule has 0 aliphatic rings. The van der Waals surface area contributed by atoms with Crippen molar-refractivity contribution in [3.05, 3.63) is 64.8 Å². The zero-order chi connectivity index (χ0) is 17.7. The van der Waals surface area contributed by atoms with Gasteiger partial charge in [0.05, 0.1) is 11.4 Å². The number of rotatable bonds is 2. The molecule has 0 saturated heterocycles. The molecule has 2 aromatic carbocycles. The summed E-state index contributed by atoms with van der Waals surface area (Å²) in [5.74, 6) is 1.12. The molecule has 7 nitrogen and oxygen atoms in total. The Kier molecular flexibility index (Phi) is 3.32. The highest BCUT2D eigenvalue weighted by Gasteiger charge is 2.20. The van der Waals surface area contributed by atoms with Crippen molar-refractivity contribution < 1.29 is 0 Å². The fourth-order valence-electron chi connectivity index (χ4n) is 3.02. The lowest BCUT2D eigenvalue weighted by molar-refractivity contribution is 0.868. The second-order valence-electron chi connectivity index (χ2n) is 5.84. The van der Waals surface area contributed by atoms with E-state index in [1.807, 2.05) is 70.6 Å². The third-order valence-corrected chi connectivity index (χ3v) is 4.91. The molecule has 3 heterocycles. The van der Waals surface area contributed by atoms with Crippen LogP contribution in [0.2, 0.25) is 0 Å². The van der Waals surface area contributed by atoms with Crippen LogP contribution in [0, 0.1) is 6.92 Å². The van der Waals surface area contributed by atoms with Crippen molar-refractivity contribution in [3.8, 4) is 17.1 Å². The first-order chi connectivity index (χ1) is 12.7. The van der Waals surface area contributed by atoms with Crippen LogP contribution in [-0.2, 0) is 0 Å². The molecule has 3 aromatic heterocycles. The number of benzene rings is 2. The van der Waals surface area contributed by atoms with Crippen molar-refractivity contribution >= 4 is 32.9 Å². The Hall–Kier alpha value is -3.13. The summed E-state index contributed by atoms with van der Waals surface area (Å²) in [6.07, 6.45) is 0. The molecule has 0 aliphatic carbocycles. The summed E-state index contributed by atoms with van der Waals surface area (Å²) in [6, 6.07) is 17.8. The van der Waals surface area contributed by atoms with Crippen molar-refractivity contribution in [2.75, 3.05) is 0 Å². The minimum absolute atomic E-state index is 0.431. The Morgan fingerprint density at radius 1 is 0.846 bits per heavy atom. The van der Waals surface area contributed by atoms with Crippen LogP contribution < -0.4 is 0 Å². The summed E-state index contributed by atoms with van der Waals surface area (Å²) in [6.45, 7) is 1.92. The van der Waals surface area contributed by atoms with Crippen LogP contribution in [0.3, 0.4) is 0 Å². The fourth-order valence-corrected chi connectivity index (χ4v) is 3.48. The summed E-state index contributed by atoms with van der Waals surface area (Å²) in [5.41, 5.74) is 4.16. The first-order valence-corrected chi connectivity index (χ1v) is 8.81. The van der Waals surface area contributed by atoms with Gasteiger partial charge >= 0.3 is 0 Å². The zero-order valence-electron chi connectivity index (χ0n) is 13.7. The van der Waals surface area contributed by atoms with Gasteiger partial charge < -0.3 is 0 Å². The van der Waals surface area contributed by atoms with E-state index < -0.39 is 0 Å². The zero-order valence-corrected chi connectivity index (χ0v) is 15.3. The molecule has 0 N–H and O–H groups in total. The molecule has 5 aromatic rings. The third kappa shape index (κ3) is 2.15. The van der Waals surface area contributed by atoms with E-state index in [9.17, 15) is 0 Å². The van der Waals surface area contributed by atoms with Gasteiger partial charge in [-0.3, -0.25) is 0 Å². The van der Waals surface area contributed by atoms with Gasteiger partial charge in [-0.25, -0.2) is 9.08 Å². The van der Waals surface area contributed by atoms with Crippen LogP contribution in [0.5, 0.6) is 0 Å². The Balaban J connectivity index is 1.94. The summed E-state index contributed by atoms with van der Waals surface area (Å²) in [4.78, 5) is 0. The maximum Gasteiger partial charge on any atom is 0.276 e. The summed E-state index contributed by atoms with van der Waals surface area (Å²) in [7, 11) is 0. The lowest BCUT2D eigenvalue weighted by Crippen LogP contribution is -2.03. The Morgan fingerprint density at radius 3 is 2.38 bits per heavy atom. The van der Waals surface area contributed by atoms with Crippen molar-refractivity contribution in [3.63, 3.8) is 0 Å². The molecular weight excluding hydrogens is 394 g/mol. The minimum atomic E-state index is 0.431. The average molecular weight is 406 g/mol. The van der Waals surface area contributed by atoms with E-state index in [1.54, 1.807) is 0 Å². The van der Waals surface area contributed by atoms with E-state index >= 15 is 0 Å². The SMILES string of the molecule is Cc1nn(-c2ccccc2)c2c1nnc1nnc(-c3ccccc3Br)n12. The van der Waals surface area contributed by atoms with E-state index in [4.69, 9.17) is 0 Å². The van der Waals surface area contributed by atoms with Gasteiger partial charge in [0.25, 0.3) is 5.78 Å². The molecule has 26 heavy (non-hydrogen) atoms. The standard InChI is InChI=1S/C18H12BrN7/c1-11-15-17(26(24-11)12-7-3-2-4-8-12)25-16(21-23-18(25)22-20-15)13-9-5-6-10-14(13)19/h2-10H,1H3. The second-order valence-corrected chi connectivity index (χ2v) is 6.70. The first-order valence-electron chi connectivity index (χ1n) is 8.01. The van der Waals surface area contributed by atoms with Crippen LogP contribution in [0.25, 0.3) is 34.0 Å². The van der Waals surface area contributed by atoms with Crippen molar-refractivity contribution in [2.24, 2.45) is 0 Å². The fraction of sp³-hybridized carbons (Fsp3) is 0.0556. The number of nitrogens with zero attached hydrogens (tertiary/aromatic N) is 7. The summed E-state index contributed by atoms with van der Waals surface area (Å²) < 4.78 is 4.69. The Bertz CT molecular complexity index is 1260. The lowest BCUT2D eigenvalue weighted by Gasteiger charge is -2.07. The number of fused-ring (bicyclic) bond motifs is 3. The largest absolute Gasteiger partial charge is 0.276 e. The van der Waals surface area contributed by atoms with E-state index in [2.05, 4.69) is 41.4 Å². The van der Waals surface area contributed by atoms with Gasteiger partial charge in [-0.2, -0.15) is 5.10 Å². The topological polar surface area (TPSA) is 73.8 Å². The molecule has 0 unspecified atom stereocenters. The molecule has 126 valence electrons. The van der Waals surface area contributed by atoms with Gasteiger partial charge in [0.15, 0.2) is 17.0 Å². The second kappa shape index (κ2) is 5.70. The van der Waals surface area contributed by atoms with Gasteiger partial charge in [-0.15, -0.1) is 20.4 Å². The van der Waals surface area contributed by atoms with Gasteiger partial charge in [-0.05, 0) is 25.1 Å². The van der Waals surface area contributed by atoms with Crippen LogP contribution in [0.4, 0.5) is 0 Å². The van der Waals surface area contributed by atoms with E-state index in [0.29, 0.717) is 11.6 Å². The van der Waals surface area contributed by atoms with E-state index in [0.717, 1.165) is 32.6 Å². The van der Waals surface area contributed by atoms with Crippen LogP contribution in [0.1, 0.15) is 5.69 Å². The molecule has 0 fully saturated rings. The highest BCUT2D eigenvalue weighted by molar-refractivity contribution is 9.10. The van der Waals surface area contributed by atoms with Crippen molar-refractivity contribution in [1.82, 2.24) is 34.6 Å². The minimum Gasteiger partial charge on any atom is -0.239 e. The average Bonchev–Trinajstić information content (AvgIpc) is 3.24. The molecule has 8 heteroatoms. The number of aromatic nitrogens is 7.